The molecule has 1 aliphatic carbocycles. The molecule has 1 saturated carbocycles. The topological polar surface area (TPSA) is 71.1 Å². The highest BCUT2D eigenvalue weighted by molar-refractivity contribution is 6.35. The summed E-state index contributed by atoms with van der Waals surface area (Å²) in [6, 6.07) is 1.63. The summed E-state index contributed by atoms with van der Waals surface area (Å²) in [7, 11) is 0. The summed E-state index contributed by atoms with van der Waals surface area (Å²) in [4.78, 5) is 26.9. The number of halogens is 2. The van der Waals surface area contributed by atoms with Crippen LogP contribution in [0.4, 0.5) is 0 Å². The molecule has 2 rings (SSSR count). The molecule has 2 N–H and O–H groups in total. The highest BCUT2D eigenvalue weighted by atomic mass is 35.5. The van der Waals surface area contributed by atoms with E-state index in [0.717, 1.165) is 12.8 Å². The number of rotatable bonds is 4. The fraction of sp³-hybridized carbons (Fsp3) is 0.364. The van der Waals surface area contributed by atoms with Crippen molar-refractivity contribution in [2.75, 3.05) is 6.54 Å². The molecule has 5 nitrogen and oxygen atoms in total. The number of amides is 2. The molecular formula is C11H11Cl2N3O2. The summed E-state index contributed by atoms with van der Waals surface area (Å²) >= 11 is 11.5. The van der Waals surface area contributed by atoms with Crippen LogP contribution in [0.2, 0.25) is 10.2 Å². The predicted molar refractivity (Wildman–Crippen MR) is 67.8 cm³/mol. The second-order valence-corrected chi connectivity index (χ2v) is 4.81. The van der Waals surface area contributed by atoms with Crippen molar-refractivity contribution in [3.05, 3.63) is 28.0 Å². The van der Waals surface area contributed by atoms with E-state index in [1.54, 1.807) is 0 Å². The van der Waals surface area contributed by atoms with E-state index in [-0.39, 0.29) is 34.2 Å². The lowest BCUT2D eigenvalue weighted by atomic mass is 10.2. The van der Waals surface area contributed by atoms with E-state index in [1.165, 1.54) is 12.3 Å². The summed E-state index contributed by atoms with van der Waals surface area (Å²) < 4.78 is 0. The van der Waals surface area contributed by atoms with Gasteiger partial charge in [-0.05, 0) is 18.9 Å². The van der Waals surface area contributed by atoms with Crippen molar-refractivity contribution in [1.29, 1.82) is 0 Å². The van der Waals surface area contributed by atoms with Gasteiger partial charge in [-0.25, -0.2) is 4.98 Å². The molecule has 1 aromatic rings. The van der Waals surface area contributed by atoms with Gasteiger partial charge in [0.2, 0.25) is 5.91 Å². The van der Waals surface area contributed by atoms with Crippen LogP contribution in [-0.2, 0) is 4.79 Å². The fourth-order valence-electron chi connectivity index (χ4n) is 1.35. The molecule has 1 aromatic heterocycles. The number of hydrogen-bond donors (Lipinski definition) is 2. The molecule has 0 aromatic carbocycles. The minimum absolute atomic E-state index is 0.0778. The van der Waals surface area contributed by atoms with Crippen molar-refractivity contribution in [2.45, 2.75) is 18.9 Å². The number of nitrogens with zero attached hydrogens (tertiary/aromatic N) is 1. The number of nitrogens with one attached hydrogen (secondary N) is 2. The number of hydrogen-bond acceptors (Lipinski definition) is 3. The molecule has 1 heterocycles. The third-order valence-electron chi connectivity index (χ3n) is 2.42. The van der Waals surface area contributed by atoms with Gasteiger partial charge >= 0.3 is 0 Å². The smallest absolute Gasteiger partial charge is 0.253 e. The zero-order valence-electron chi connectivity index (χ0n) is 9.37. The van der Waals surface area contributed by atoms with Crippen LogP contribution in [0.1, 0.15) is 23.2 Å². The Kier molecular flexibility index (Phi) is 4.04. The zero-order chi connectivity index (χ0) is 13.1. The molecule has 0 radical (unpaired) electrons. The Morgan fingerprint density at radius 3 is 2.78 bits per heavy atom. The Bertz CT molecular complexity index is 489. The second-order valence-electron chi connectivity index (χ2n) is 4.01. The zero-order valence-corrected chi connectivity index (χ0v) is 10.9. The SMILES string of the molecule is O=C(CNC(=O)c1cc(Cl)ncc1Cl)NC1CC1. The van der Waals surface area contributed by atoms with Crippen LogP contribution < -0.4 is 10.6 Å². The first kappa shape index (κ1) is 13.1. The van der Waals surface area contributed by atoms with E-state index < -0.39 is 5.91 Å². The van der Waals surface area contributed by atoms with Crippen LogP contribution in [0.25, 0.3) is 0 Å². The van der Waals surface area contributed by atoms with Crippen molar-refractivity contribution in [3.63, 3.8) is 0 Å². The van der Waals surface area contributed by atoms with Gasteiger partial charge in [-0.15, -0.1) is 0 Å². The fourth-order valence-corrected chi connectivity index (χ4v) is 1.70. The molecule has 0 atom stereocenters. The van der Waals surface area contributed by atoms with Crippen LogP contribution in [0.5, 0.6) is 0 Å². The lowest BCUT2D eigenvalue weighted by Gasteiger charge is -2.07. The minimum atomic E-state index is -0.449. The normalized spacial score (nSPS) is 14.1. The Balaban J connectivity index is 1.90. The van der Waals surface area contributed by atoms with E-state index >= 15 is 0 Å². The van der Waals surface area contributed by atoms with Gasteiger partial charge < -0.3 is 10.6 Å². The van der Waals surface area contributed by atoms with Gasteiger partial charge in [0.05, 0.1) is 17.1 Å². The van der Waals surface area contributed by atoms with E-state index in [2.05, 4.69) is 15.6 Å². The molecule has 1 fully saturated rings. The molecule has 0 spiro atoms. The molecular weight excluding hydrogens is 277 g/mol. The van der Waals surface area contributed by atoms with Gasteiger partial charge in [0.1, 0.15) is 5.15 Å². The van der Waals surface area contributed by atoms with Gasteiger partial charge in [-0.2, -0.15) is 0 Å². The predicted octanol–water partition coefficient (Wildman–Crippen LogP) is 1.40. The third kappa shape index (κ3) is 3.58. The Morgan fingerprint density at radius 1 is 1.39 bits per heavy atom. The Hall–Kier alpha value is -1.33. The number of pyridine rings is 1. The van der Waals surface area contributed by atoms with Crippen LogP contribution in [0.3, 0.4) is 0 Å². The molecule has 7 heteroatoms. The molecule has 1 aliphatic rings. The Labute approximate surface area is 114 Å². The van der Waals surface area contributed by atoms with Gasteiger partial charge in [0.25, 0.3) is 5.91 Å². The highest BCUT2D eigenvalue weighted by Gasteiger charge is 2.23. The highest BCUT2D eigenvalue weighted by Crippen LogP contribution is 2.19. The maximum Gasteiger partial charge on any atom is 0.253 e. The molecule has 0 aliphatic heterocycles. The molecule has 18 heavy (non-hydrogen) atoms. The first-order valence-corrected chi connectivity index (χ1v) is 6.20. The maximum absolute atomic E-state index is 11.8. The van der Waals surface area contributed by atoms with Gasteiger partial charge in [0, 0.05) is 12.2 Å². The summed E-state index contributed by atoms with van der Waals surface area (Å²) in [6.45, 7) is -0.0778. The van der Waals surface area contributed by atoms with Crippen molar-refractivity contribution in [3.8, 4) is 0 Å². The first-order valence-electron chi connectivity index (χ1n) is 5.45. The van der Waals surface area contributed by atoms with Crippen molar-refractivity contribution in [2.24, 2.45) is 0 Å². The first-order chi connectivity index (χ1) is 8.56. The number of carbonyl (C=O) groups is 2. The van der Waals surface area contributed by atoms with Crippen LogP contribution in [-0.4, -0.2) is 29.4 Å². The van der Waals surface area contributed by atoms with Crippen molar-refractivity contribution >= 4 is 35.0 Å². The Morgan fingerprint density at radius 2 is 2.11 bits per heavy atom. The number of carbonyl (C=O) groups excluding carboxylic acids is 2. The summed E-state index contributed by atoms with van der Waals surface area (Å²) in [5, 5.41) is 5.61. The molecule has 2 amide bonds. The van der Waals surface area contributed by atoms with E-state index in [1.807, 2.05) is 0 Å². The quantitative estimate of drug-likeness (QED) is 0.823. The summed E-state index contributed by atoms with van der Waals surface area (Å²) in [5.74, 6) is -0.655. The molecule has 0 bridgehead atoms. The molecule has 0 unspecified atom stereocenters. The molecule has 0 saturated heterocycles. The van der Waals surface area contributed by atoms with Crippen LogP contribution >= 0.6 is 23.2 Å². The standard InChI is InChI=1S/C11H11Cl2N3O2/c12-8-4-14-9(13)3-7(8)11(18)15-5-10(17)16-6-1-2-6/h3-4,6H,1-2,5H2,(H,15,18)(H,16,17). The van der Waals surface area contributed by atoms with Gasteiger partial charge in [0.15, 0.2) is 0 Å². The third-order valence-corrected chi connectivity index (χ3v) is 2.93. The van der Waals surface area contributed by atoms with Gasteiger partial charge in [-0.3, -0.25) is 9.59 Å². The monoisotopic (exact) mass is 287 g/mol. The maximum atomic E-state index is 11.8. The summed E-state index contributed by atoms with van der Waals surface area (Å²) in [5.41, 5.74) is 0.205. The lowest BCUT2D eigenvalue weighted by Crippen LogP contribution is -2.37. The van der Waals surface area contributed by atoms with E-state index in [9.17, 15) is 9.59 Å². The average Bonchev–Trinajstić information content (AvgIpc) is 3.13. The van der Waals surface area contributed by atoms with Crippen molar-refractivity contribution in [1.82, 2.24) is 15.6 Å². The second kappa shape index (κ2) is 5.54. The molecule has 96 valence electrons. The van der Waals surface area contributed by atoms with Crippen LogP contribution in [0, 0.1) is 0 Å². The van der Waals surface area contributed by atoms with E-state index in [0.29, 0.717) is 0 Å². The largest absolute Gasteiger partial charge is 0.352 e. The number of aromatic nitrogens is 1. The van der Waals surface area contributed by atoms with Crippen molar-refractivity contribution < 1.29 is 9.59 Å². The van der Waals surface area contributed by atoms with E-state index in [4.69, 9.17) is 23.2 Å². The summed E-state index contributed by atoms with van der Waals surface area (Å²) in [6.07, 6.45) is 3.31. The average molecular weight is 288 g/mol. The van der Waals surface area contributed by atoms with Crippen LogP contribution in [0.15, 0.2) is 12.3 Å². The minimum Gasteiger partial charge on any atom is -0.352 e. The van der Waals surface area contributed by atoms with Gasteiger partial charge in [-0.1, -0.05) is 23.2 Å². The lowest BCUT2D eigenvalue weighted by molar-refractivity contribution is -0.120.